The molecule has 7 nitrogen and oxygen atoms in total. The van der Waals surface area contributed by atoms with Crippen molar-refractivity contribution in [2.75, 3.05) is 31.6 Å². The first-order chi connectivity index (χ1) is 12.8. The summed E-state index contributed by atoms with van der Waals surface area (Å²) in [4.78, 5) is 13.5. The Labute approximate surface area is 154 Å². The van der Waals surface area contributed by atoms with Crippen molar-refractivity contribution < 1.29 is 9.47 Å². The normalized spacial score (nSPS) is 15.0. The standard InChI is InChI=1S/C19H27N5O2/c1-3-25-13-18-23-17-7-10-20-9-6-16(17)19(24-18)22-11-14(2)26-15-5-4-8-21-12-15/h4-5,8,12,14,20H,3,6-7,9-11,13H2,1-2H3,(H,22,23,24)/t14-/m0/s1. The fourth-order valence-corrected chi connectivity index (χ4v) is 2.93. The second-order valence-corrected chi connectivity index (χ2v) is 6.30. The Hall–Kier alpha value is -2.25. The molecule has 0 bridgehead atoms. The van der Waals surface area contributed by atoms with Crippen LogP contribution in [0.1, 0.15) is 30.9 Å². The Morgan fingerprint density at radius 1 is 1.27 bits per heavy atom. The van der Waals surface area contributed by atoms with Gasteiger partial charge in [-0.3, -0.25) is 4.98 Å². The molecule has 0 spiro atoms. The molecule has 0 saturated heterocycles. The monoisotopic (exact) mass is 357 g/mol. The molecule has 1 atom stereocenters. The number of nitrogens with one attached hydrogen (secondary N) is 2. The number of pyridine rings is 1. The number of ether oxygens (including phenoxy) is 2. The van der Waals surface area contributed by atoms with E-state index in [9.17, 15) is 0 Å². The van der Waals surface area contributed by atoms with Gasteiger partial charge in [-0.15, -0.1) is 0 Å². The highest BCUT2D eigenvalue weighted by atomic mass is 16.5. The van der Waals surface area contributed by atoms with Crippen LogP contribution in [0.3, 0.4) is 0 Å². The number of aromatic nitrogens is 3. The highest BCUT2D eigenvalue weighted by molar-refractivity contribution is 5.47. The maximum atomic E-state index is 5.89. The average Bonchev–Trinajstić information content (AvgIpc) is 2.91. The van der Waals surface area contributed by atoms with Crippen molar-refractivity contribution in [2.24, 2.45) is 0 Å². The Balaban J connectivity index is 1.70. The minimum Gasteiger partial charge on any atom is -0.487 e. The zero-order chi connectivity index (χ0) is 18.2. The second-order valence-electron chi connectivity index (χ2n) is 6.30. The van der Waals surface area contributed by atoms with Crippen molar-refractivity contribution in [2.45, 2.75) is 39.4 Å². The molecule has 2 aromatic heterocycles. The van der Waals surface area contributed by atoms with Crippen molar-refractivity contribution in [3.05, 3.63) is 41.6 Å². The predicted octanol–water partition coefficient (Wildman–Crippen LogP) is 1.98. The van der Waals surface area contributed by atoms with Gasteiger partial charge in [0, 0.05) is 31.3 Å². The summed E-state index contributed by atoms with van der Waals surface area (Å²) in [5.74, 6) is 2.40. The van der Waals surface area contributed by atoms with Crippen LogP contribution in [0, 0.1) is 0 Å². The molecule has 140 valence electrons. The van der Waals surface area contributed by atoms with E-state index in [1.165, 1.54) is 5.56 Å². The van der Waals surface area contributed by atoms with Crippen molar-refractivity contribution in [3.63, 3.8) is 0 Å². The van der Waals surface area contributed by atoms with E-state index >= 15 is 0 Å². The molecule has 0 aliphatic carbocycles. The second kappa shape index (κ2) is 9.45. The Morgan fingerprint density at radius 3 is 2.96 bits per heavy atom. The summed E-state index contributed by atoms with van der Waals surface area (Å²) < 4.78 is 11.4. The lowest BCUT2D eigenvalue weighted by Gasteiger charge is -2.18. The van der Waals surface area contributed by atoms with Gasteiger partial charge in [0.15, 0.2) is 5.82 Å². The smallest absolute Gasteiger partial charge is 0.156 e. The van der Waals surface area contributed by atoms with Crippen LogP contribution in [0.2, 0.25) is 0 Å². The van der Waals surface area contributed by atoms with Gasteiger partial charge in [0.2, 0.25) is 0 Å². The van der Waals surface area contributed by atoms with E-state index in [0.29, 0.717) is 19.8 Å². The average molecular weight is 357 g/mol. The van der Waals surface area contributed by atoms with E-state index < -0.39 is 0 Å². The molecule has 0 saturated carbocycles. The number of rotatable bonds is 8. The SMILES string of the molecule is CCOCc1nc2c(c(NC[C@H](C)Oc3cccnc3)n1)CCNCC2. The van der Waals surface area contributed by atoms with Gasteiger partial charge in [-0.2, -0.15) is 0 Å². The van der Waals surface area contributed by atoms with Gasteiger partial charge in [0.05, 0.1) is 18.4 Å². The molecule has 0 unspecified atom stereocenters. The summed E-state index contributed by atoms with van der Waals surface area (Å²) >= 11 is 0. The van der Waals surface area contributed by atoms with Crippen molar-refractivity contribution in [1.29, 1.82) is 0 Å². The third-order valence-electron chi connectivity index (χ3n) is 4.19. The molecular formula is C19H27N5O2. The lowest BCUT2D eigenvalue weighted by atomic mass is 10.1. The van der Waals surface area contributed by atoms with Gasteiger partial charge in [0.25, 0.3) is 0 Å². The van der Waals surface area contributed by atoms with Crippen LogP contribution in [0.25, 0.3) is 0 Å². The number of hydrogen-bond acceptors (Lipinski definition) is 7. The fourth-order valence-electron chi connectivity index (χ4n) is 2.93. The number of nitrogens with zero attached hydrogens (tertiary/aromatic N) is 3. The zero-order valence-corrected chi connectivity index (χ0v) is 15.5. The minimum atomic E-state index is -0.0101. The molecule has 1 aliphatic heterocycles. The maximum Gasteiger partial charge on any atom is 0.156 e. The molecule has 3 rings (SSSR count). The lowest BCUT2D eigenvalue weighted by Crippen LogP contribution is -2.24. The van der Waals surface area contributed by atoms with Crippen LogP contribution < -0.4 is 15.4 Å². The number of hydrogen-bond donors (Lipinski definition) is 2. The van der Waals surface area contributed by atoms with Crippen LogP contribution in [0.15, 0.2) is 24.5 Å². The molecule has 2 aromatic rings. The topological polar surface area (TPSA) is 81.2 Å². The molecule has 3 heterocycles. The number of anilines is 1. The fraction of sp³-hybridized carbons (Fsp3) is 0.526. The first-order valence-corrected chi connectivity index (χ1v) is 9.24. The molecular weight excluding hydrogens is 330 g/mol. The molecule has 1 aliphatic rings. The Bertz CT molecular complexity index is 696. The highest BCUT2D eigenvalue weighted by Crippen LogP contribution is 2.20. The first kappa shape index (κ1) is 18.5. The van der Waals surface area contributed by atoms with E-state index in [-0.39, 0.29) is 6.10 Å². The summed E-state index contributed by atoms with van der Waals surface area (Å²) in [7, 11) is 0. The summed E-state index contributed by atoms with van der Waals surface area (Å²) in [6.07, 6.45) is 5.28. The Kier molecular flexibility index (Phi) is 6.74. The van der Waals surface area contributed by atoms with Gasteiger partial charge >= 0.3 is 0 Å². The van der Waals surface area contributed by atoms with Crippen molar-refractivity contribution >= 4 is 5.82 Å². The van der Waals surface area contributed by atoms with Gasteiger partial charge in [-0.25, -0.2) is 9.97 Å². The third kappa shape index (κ3) is 5.12. The van der Waals surface area contributed by atoms with Crippen molar-refractivity contribution in [1.82, 2.24) is 20.3 Å². The maximum absolute atomic E-state index is 5.89. The summed E-state index contributed by atoms with van der Waals surface area (Å²) in [5, 5.41) is 6.88. The van der Waals surface area contributed by atoms with Crippen LogP contribution in [0.5, 0.6) is 5.75 Å². The lowest BCUT2D eigenvalue weighted by molar-refractivity contribution is 0.128. The van der Waals surface area contributed by atoms with Gasteiger partial charge in [-0.05, 0) is 38.9 Å². The van der Waals surface area contributed by atoms with Crippen LogP contribution in [-0.4, -0.2) is 47.3 Å². The summed E-state index contributed by atoms with van der Waals surface area (Å²) in [6, 6.07) is 3.78. The van der Waals surface area contributed by atoms with Gasteiger partial charge in [-0.1, -0.05) is 0 Å². The zero-order valence-electron chi connectivity index (χ0n) is 15.5. The molecule has 26 heavy (non-hydrogen) atoms. The summed E-state index contributed by atoms with van der Waals surface area (Å²) in [5.41, 5.74) is 2.31. The highest BCUT2D eigenvalue weighted by Gasteiger charge is 2.17. The summed E-state index contributed by atoms with van der Waals surface area (Å²) in [6.45, 7) is 7.64. The van der Waals surface area contributed by atoms with E-state index in [2.05, 4.69) is 15.6 Å². The molecule has 0 radical (unpaired) electrons. The van der Waals surface area contributed by atoms with E-state index in [1.54, 1.807) is 12.4 Å². The van der Waals surface area contributed by atoms with Crippen LogP contribution in [0.4, 0.5) is 5.82 Å². The molecule has 0 fully saturated rings. The molecule has 2 N–H and O–H groups in total. The predicted molar refractivity (Wildman–Crippen MR) is 100 cm³/mol. The van der Waals surface area contributed by atoms with E-state index in [0.717, 1.165) is 49.0 Å². The number of fused-ring (bicyclic) bond motifs is 1. The largest absolute Gasteiger partial charge is 0.487 e. The third-order valence-corrected chi connectivity index (χ3v) is 4.19. The van der Waals surface area contributed by atoms with Crippen LogP contribution in [-0.2, 0) is 24.2 Å². The van der Waals surface area contributed by atoms with Crippen molar-refractivity contribution in [3.8, 4) is 5.75 Å². The van der Waals surface area contributed by atoms with E-state index in [4.69, 9.17) is 19.4 Å². The quantitative estimate of drug-likeness (QED) is 0.747. The van der Waals surface area contributed by atoms with Crippen LogP contribution >= 0.6 is 0 Å². The van der Waals surface area contributed by atoms with Gasteiger partial charge in [0.1, 0.15) is 24.3 Å². The van der Waals surface area contributed by atoms with Gasteiger partial charge < -0.3 is 20.1 Å². The minimum absolute atomic E-state index is 0.0101. The molecule has 7 heteroatoms. The first-order valence-electron chi connectivity index (χ1n) is 9.24. The van der Waals surface area contributed by atoms with E-state index in [1.807, 2.05) is 26.0 Å². The Morgan fingerprint density at radius 2 is 2.15 bits per heavy atom. The molecule has 0 aromatic carbocycles. The molecule has 0 amide bonds.